The molecule has 0 saturated carbocycles. The number of rotatable bonds is 11. The number of hydrogen-bond acceptors (Lipinski definition) is 3. The van der Waals surface area contributed by atoms with Crippen LogP contribution in [0, 0.1) is 0 Å². The van der Waals surface area contributed by atoms with E-state index in [2.05, 4.69) is 48.2 Å². The smallest absolute Gasteiger partial charge is 0.357 e. The Morgan fingerprint density at radius 1 is 1.04 bits per heavy atom. The first-order valence-electron chi connectivity index (χ1n) is 9.10. The average molecular weight is 368 g/mol. The molecule has 0 aliphatic rings. The zero-order chi connectivity index (χ0) is 19.5. The number of alkyl halides is 3. The molecule has 150 valence electrons. The van der Waals surface area contributed by atoms with E-state index in [4.69, 9.17) is 0 Å². The molecule has 0 heterocycles. The minimum Gasteiger partial charge on any atom is -0.357 e. The molecule has 0 bridgehead atoms. The molecule has 0 aromatic carbocycles. The molecular formula is C17H36F3N5. The molecule has 0 aromatic rings. The van der Waals surface area contributed by atoms with Crippen LogP contribution in [0.2, 0.25) is 0 Å². The van der Waals surface area contributed by atoms with Crippen molar-refractivity contribution in [2.75, 3.05) is 46.3 Å². The van der Waals surface area contributed by atoms with Gasteiger partial charge in [0, 0.05) is 44.8 Å². The quantitative estimate of drug-likeness (QED) is 0.335. The van der Waals surface area contributed by atoms with Gasteiger partial charge in [-0.2, -0.15) is 13.2 Å². The Kier molecular flexibility index (Phi) is 11.8. The molecule has 0 saturated heterocycles. The van der Waals surface area contributed by atoms with E-state index in [-0.39, 0.29) is 0 Å². The third-order valence-corrected chi connectivity index (χ3v) is 3.75. The number of aliphatic imine (C=N–C) groups is 1. The van der Waals surface area contributed by atoms with Crippen molar-refractivity contribution in [1.29, 1.82) is 0 Å². The summed E-state index contributed by atoms with van der Waals surface area (Å²) in [5.74, 6) is 0.656. The predicted octanol–water partition coefficient (Wildman–Crippen LogP) is 2.54. The highest BCUT2D eigenvalue weighted by atomic mass is 19.4. The number of nitrogens with zero attached hydrogens (tertiary/aromatic N) is 3. The molecule has 2 N–H and O–H groups in total. The normalized spacial score (nSPS) is 13.4. The van der Waals surface area contributed by atoms with Crippen molar-refractivity contribution in [3.63, 3.8) is 0 Å². The van der Waals surface area contributed by atoms with E-state index >= 15 is 0 Å². The Labute approximate surface area is 151 Å². The summed E-state index contributed by atoms with van der Waals surface area (Å²) in [6.07, 6.45) is -3.22. The minimum absolute atomic E-state index is 0.304. The standard InChI is InChI=1S/C17H36F3N5/c1-7-21-16(23-10-12-24(6)13-17(18,19)20)22-9-8-11-25(14(2)3)15(4)5/h14-15H,7-13H2,1-6H3,(H2,21,22,23). The van der Waals surface area contributed by atoms with Crippen molar-refractivity contribution in [2.24, 2.45) is 4.99 Å². The maximum atomic E-state index is 12.3. The molecule has 0 aliphatic heterocycles. The van der Waals surface area contributed by atoms with Gasteiger partial charge in [-0.05, 0) is 48.1 Å². The van der Waals surface area contributed by atoms with Crippen LogP contribution in [-0.4, -0.2) is 80.3 Å². The lowest BCUT2D eigenvalue weighted by molar-refractivity contribution is -0.142. The highest BCUT2D eigenvalue weighted by molar-refractivity contribution is 5.79. The van der Waals surface area contributed by atoms with Gasteiger partial charge in [0.2, 0.25) is 0 Å². The summed E-state index contributed by atoms with van der Waals surface area (Å²) in [7, 11) is 1.46. The largest absolute Gasteiger partial charge is 0.401 e. The third kappa shape index (κ3) is 12.9. The van der Waals surface area contributed by atoms with E-state index in [1.165, 1.54) is 11.9 Å². The van der Waals surface area contributed by atoms with Crippen molar-refractivity contribution in [2.45, 2.75) is 59.3 Å². The molecule has 0 amide bonds. The maximum absolute atomic E-state index is 12.3. The first-order chi connectivity index (χ1) is 11.6. The summed E-state index contributed by atoms with van der Waals surface area (Å²) in [6.45, 7) is 12.9. The molecule has 0 aromatic heterocycles. The topological polar surface area (TPSA) is 42.9 Å². The second-order valence-electron chi connectivity index (χ2n) is 6.82. The molecule has 5 nitrogen and oxygen atoms in total. The Bertz CT molecular complexity index is 362. The van der Waals surface area contributed by atoms with E-state index in [0.29, 0.717) is 44.2 Å². The van der Waals surface area contributed by atoms with Crippen molar-refractivity contribution < 1.29 is 13.2 Å². The van der Waals surface area contributed by atoms with Crippen LogP contribution in [0.5, 0.6) is 0 Å². The Morgan fingerprint density at radius 2 is 1.64 bits per heavy atom. The van der Waals surface area contributed by atoms with Gasteiger partial charge in [-0.15, -0.1) is 0 Å². The number of nitrogens with one attached hydrogen (secondary N) is 2. The average Bonchev–Trinajstić information content (AvgIpc) is 2.44. The fourth-order valence-corrected chi connectivity index (χ4v) is 2.65. The molecular weight excluding hydrogens is 331 g/mol. The van der Waals surface area contributed by atoms with Gasteiger partial charge in [-0.25, -0.2) is 0 Å². The van der Waals surface area contributed by atoms with Crippen molar-refractivity contribution in [1.82, 2.24) is 20.4 Å². The van der Waals surface area contributed by atoms with Gasteiger partial charge in [0.25, 0.3) is 0 Å². The lowest BCUT2D eigenvalue weighted by Crippen LogP contribution is -2.42. The van der Waals surface area contributed by atoms with Gasteiger partial charge in [0.1, 0.15) is 0 Å². The Hall–Kier alpha value is -1.02. The molecule has 0 rings (SSSR count). The zero-order valence-electron chi connectivity index (χ0n) is 16.6. The first kappa shape index (κ1) is 24.0. The molecule has 0 atom stereocenters. The lowest BCUT2D eigenvalue weighted by atomic mass is 10.2. The van der Waals surface area contributed by atoms with E-state index in [1.54, 1.807) is 0 Å². The Morgan fingerprint density at radius 3 is 2.12 bits per heavy atom. The third-order valence-electron chi connectivity index (χ3n) is 3.75. The second-order valence-corrected chi connectivity index (χ2v) is 6.82. The molecule has 0 unspecified atom stereocenters. The van der Waals surface area contributed by atoms with Crippen molar-refractivity contribution >= 4 is 5.96 Å². The first-order valence-corrected chi connectivity index (χ1v) is 9.10. The number of guanidine groups is 1. The van der Waals surface area contributed by atoms with Gasteiger partial charge < -0.3 is 10.6 Å². The molecule has 0 fully saturated rings. The van der Waals surface area contributed by atoms with E-state index in [9.17, 15) is 13.2 Å². The fourth-order valence-electron chi connectivity index (χ4n) is 2.65. The number of hydrogen-bond donors (Lipinski definition) is 2. The highest BCUT2D eigenvalue weighted by Gasteiger charge is 2.28. The van der Waals surface area contributed by atoms with Crippen LogP contribution in [-0.2, 0) is 0 Å². The van der Waals surface area contributed by atoms with E-state index in [1.807, 2.05) is 6.92 Å². The molecule has 0 aliphatic carbocycles. The molecule has 0 spiro atoms. The summed E-state index contributed by atoms with van der Waals surface area (Å²) in [5.41, 5.74) is 0. The number of likely N-dealkylation sites (N-methyl/N-ethyl adjacent to an activating group) is 1. The molecule has 25 heavy (non-hydrogen) atoms. The lowest BCUT2D eigenvalue weighted by Gasteiger charge is -2.30. The summed E-state index contributed by atoms with van der Waals surface area (Å²) < 4.78 is 36.9. The fraction of sp³-hybridized carbons (Fsp3) is 0.941. The van der Waals surface area contributed by atoms with Gasteiger partial charge in [0.05, 0.1) is 6.54 Å². The van der Waals surface area contributed by atoms with Crippen LogP contribution in [0.4, 0.5) is 13.2 Å². The zero-order valence-corrected chi connectivity index (χ0v) is 16.6. The van der Waals surface area contributed by atoms with Crippen molar-refractivity contribution in [3.05, 3.63) is 0 Å². The molecule has 0 radical (unpaired) electrons. The summed E-state index contributed by atoms with van der Waals surface area (Å²) in [6, 6.07) is 0.999. The maximum Gasteiger partial charge on any atom is 0.401 e. The molecule has 8 heteroatoms. The van der Waals surface area contributed by atoms with Gasteiger partial charge in [0.15, 0.2) is 5.96 Å². The van der Waals surface area contributed by atoms with E-state index < -0.39 is 12.7 Å². The van der Waals surface area contributed by atoms with Crippen molar-refractivity contribution in [3.8, 4) is 0 Å². The number of halogens is 3. The van der Waals surface area contributed by atoms with Crippen LogP contribution in [0.3, 0.4) is 0 Å². The summed E-state index contributed by atoms with van der Waals surface area (Å²) >= 11 is 0. The van der Waals surface area contributed by atoms with Crippen LogP contribution < -0.4 is 10.6 Å². The highest BCUT2D eigenvalue weighted by Crippen LogP contribution is 2.14. The summed E-state index contributed by atoms with van der Waals surface area (Å²) in [4.78, 5) is 8.17. The predicted molar refractivity (Wildman–Crippen MR) is 99.1 cm³/mol. The monoisotopic (exact) mass is 367 g/mol. The summed E-state index contributed by atoms with van der Waals surface area (Å²) in [5, 5.41) is 6.21. The van der Waals surface area contributed by atoms with Crippen LogP contribution in [0.15, 0.2) is 4.99 Å². The van der Waals surface area contributed by atoms with Gasteiger partial charge >= 0.3 is 6.18 Å². The minimum atomic E-state index is -4.16. The van der Waals surface area contributed by atoms with Crippen LogP contribution in [0.25, 0.3) is 0 Å². The van der Waals surface area contributed by atoms with Gasteiger partial charge in [-0.1, -0.05) is 0 Å². The SMILES string of the molecule is CCNC(=NCCCN(C(C)C)C(C)C)NCCN(C)CC(F)(F)F. The van der Waals surface area contributed by atoms with Crippen LogP contribution >= 0.6 is 0 Å². The second kappa shape index (κ2) is 12.4. The van der Waals surface area contributed by atoms with Crippen LogP contribution in [0.1, 0.15) is 41.0 Å². The van der Waals surface area contributed by atoms with Gasteiger partial charge in [-0.3, -0.25) is 14.8 Å². The Balaban J connectivity index is 4.24. The van der Waals surface area contributed by atoms with E-state index in [0.717, 1.165) is 13.0 Å².